The van der Waals surface area contributed by atoms with E-state index in [1.165, 1.54) is 11.1 Å². The molecule has 2 N–H and O–H groups in total. The lowest BCUT2D eigenvalue weighted by Gasteiger charge is -2.41. The highest BCUT2D eigenvalue weighted by Gasteiger charge is 2.38. The lowest BCUT2D eigenvalue weighted by Crippen LogP contribution is -2.49. The van der Waals surface area contributed by atoms with Gasteiger partial charge in [-0.15, -0.1) is 0 Å². The molecule has 100 valence electrons. The molecule has 1 aliphatic heterocycles. The maximum Gasteiger partial charge on any atom is 0.126 e. The molecule has 1 aromatic rings. The highest BCUT2D eigenvalue weighted by Crippen LogP contribution is 2.37. The molecule has 0 radical (unpaired) electrons. The fourth-order valence-corrected chi connectivity index (χ4v) is 2.34. The van der Waals surface area contributed by atoms with Gasteiger partial charge in [0.15, 0.2) is 0 Å². The average Bonchev–Trinajstić information content (AvgIpc) is 2.34. The van der Waals surface area contributed by atoms with Gasteiger partial charge in [-0.3, -0.25) is 0 Å². The molecule has 4 nitrogen and oxygen atoms in total. The molecule has 1 aliphatic rings. The Hall–Kier alpha value is -1.26. The van der Waals surface area contributed by atoms with Crippen LogP contribution in [-0.2, 0) is 11.2 Å². The van der Waals surface area contributed by atoms with Crippen molar-refractivity contribution in [3.8, 4) is 11.5 Å². The van der Waals surface area contributed by atoms with E-state index in [9.17, 15) is 0 Å². The fourth-order valence-electron chi connectivity index (χ4n) is 2.34. The number of methoxy groups -OCH3 is 2. The molecule has 2 rings (SSSR count). The van der Waals surface area contributed by atoms with Gasteiger partial charge in [0.25, 0.3) is 0 Å². The zero-order valence-corrected chi connectivity index (χ0v) is 11.3. The van der Waals surface area contributed by atoms with E-state index in [4.69, 9.17) is 19.9 Å². The predicted octanol–water partition coefficient (Wildman–Crippen LogP) is 1.53. The smallest absolute Gasteiger partial charge is 0.126 e. The monoisotopic (exact) mass is 251 g/mol. The van der Waals surface area contributed by atoms with Crippen LogP contribution in [0.2, 0.25) is 0 Å². The lowest BCUT2D eigenvalue weighted by molar-refractivity contribution is -0.106. The van der Waals surface area contributed by atoms with Crippen LogP contribution in [-0.4, -0.2) is 34.0 Å². The Morgan fingerprint density at radius 3 is 2.44 bits per heavy atom. The number of aryl methyl sites for hydroxylation is 1. The first-order valence-electron chi connectivity index (χ1n) is 6.13. The Bertz CT molecular complexity index is 422. The van der Waals surface area contributed by atoms with Gasteiger partial charge in [-0.2, -0.15) is 0 Å². The summed E-state index contributed by atoms with van der Waals surface area (Å²) in [5.74, 6) is 1.69. The largest absolute Gasteiger partial charge is 0.497 e. The molecule has 1 aromatic carbocycles. The van der Waals surface area contributed by atoms with Crippen LogP contribution in [0.25, 0.3) is 0 Å². The Morgan fingerprint density at radius 2 is 2.00 bits per heavy atom. The number of ether oxygens (including phenoxy) is 3. The number of hydrogen-bond acceptors (Lipinski definition) is 4. The molecular weight excluding hydrogens is 230 g/mol. The molecule has 1 heterocycles. The van der Waals surface area contributed by atoms with Crippen LogP contribution in [0.4, 0.5) is 0 Å². The normalized spacial score (nSPS) is 17.1. The first-order chi connectivity index (χ1) is 8.64. The summed E-state index contributed by atoms with van der Waals surface area (Å²) in [5.41, 5.74) is 8.32. The third kappa shape index (κ3) is 2.31. The summed E-state index contributed by atoms with van der Waals surface area (Å²) in [4.78, 5) is 0. The van der Waals surface area contributed by atoms with Crippen molar-refractivity contribution in [1.29, 1.82) is 0 Å². The van der Waals surface area contributed by atoms with Gasteiger partial charge in [0.2, 0.25) is 0 Å². The van der Waals surface area contributed by atoms with Crippen molar-refractivity contribution in [3.63, 3.8) is 0 Å². The Morgan fingerprint density at radius 1 is 1.28 bits per heavy atom. The maximum absolute atomic E-state index is 5.87. The van der Waals surface area contributed by atoms with Gasteiger partial charge in [-0.1, -0.05) is 0 Å². The van der Waals surface area contributed by atoms with Gasteiger partial charge >= 0.3 is 0 Å². The summed E-state index contributed by atoms with van der Waals surface area (Å²) >= 11 is 0. The Balaban J connectivity index is 2.31. The predicted molar refractivity (Wildman–Crippen MR) is 70.3 cm³/mol. The Labute approximate surface area is 108 Å². The highest BCUT2D eigenvalue weighted by atomic mass is 16.5. The number of nitrogens with two attached hydrogens (primary N) is 1. The zero-order chi connectivity index (χ0) is 13.2. The molecule has 0 amide bonds. The second kappa shape index (κ2) is 5.16. The minimum Gasteiger partial charge on any atom is -0.497 e. The van der Waals surface area contributed by atoms with Crippen molar-refractivity contribution in [2.45, 2.75) is 13.3 Å². The number of benzene rings is 1. The molecule has 0 atom stereocenters. The summed E-state index contributed by atoms with van der Waals surface area (Å²) < 4.78 is 16.0. The van der Waals surface area contributed by atoms with Crippen molar-refractivity contribution in [2.75, 3.05) is 34.0 Å². The van der Waals surface area contributed by atoms with Crippen molar-refractivity contribution in [3.05, 3.63) is 23.3 Å². The zero-order valence-electron chi connectivity index (χ0n) is 11.3. The van der Waals surface area contributed by atoms with Crippen LogP contribution < -0.4 is 15.2 Å². The topological polar surface area (TPSA) is 53.7 Å². The van der Waals surface area contributed by atoms with Crippen LogP contribution in [0.5, 0.6) is 11.5 Å². The molecule has 4 heteroatoms. The number of hydrogen-bond donors (Lipinski definition) is 1. The van der Waals surface area contributed by atoms with Gasteiger partial charge in [0.1, 0.15) is 11.5 Å². The second-order valence-corrected chi connectivity index (χ2v) is 5.00. The second-order valence-electron chi connectivity index (χ2n) is 5.00. The number of rotatable bonds is 5. The quantitative estimate of drug-likeness (QED) is 0.862. The molecule has 18 heavy (non-hydrogen) atoms. The van der Waals surface area contributed by atoms with E-state index < -0.39 is 0 Å². The summed E-state index contributed by atoms with van der Waals surface area (Å²) in [6, 6.07) is 3.95. The van der Waals surface area contributed by atoms with E-state index >= 15 is 0 Å². The van der Waals surface area contributed by atoms with Gasteiger partial charge in [-0.05, 0) is 30.5 Å². The van der Waals surface area contributed by atoms with Crippen molar-refractivity contribution in [2.24, 2.45) is 11.1 Å². The van der Waals surface area contributed by atoms with Gasteiger partial charge in [-0.25, -0.2) is 0 Å². The summed E-state index contributed by atoms with van der Waals surface area (Å²) in [6.45, 7) is 4.18. The third-order valence-electron chi connectivity index (χ3n) is 3.66. The SMILES string of the molecule is COc1cc(C)c(CC2(CN)COC2)c(OC)c1. The fraction of sp³-hybridized carbons (Fsp3) is 0.571. The first kappa shape index (κ1) is 13.2. The highest BCUT2D eigenvalue weighted by molar-refractivity contribution is 5.46. The van der Waals surface area contributed by atoms with E-state index in [1.807, 2.05) is 12.1 Å². The van der Waals surface area contributed by atoms with Crippen LogP contribution in [0.15, 0.2) is 12.1 Å². The standard InChI is InChI=1S/C14H21NO3/c1-10-4-11(16-2)5-13(17-3)12(10)6-14(7-15)8-18-9-14/h4-5H,6-9,15H2,1-3H3. The minimum absolute atomic E-state index is 0.0760. The van der Waals surface area contributed by atoms with Crippen LogP contribution in [0, 0.1) is 12.3 Å². The molecular formula is C14H21NO3. The van der Waals surface area contributed by atoms with Crippen LogP contribution in [0.1, 0.15) is 11.1 Å². The summed E-state index contributed by atoms with van der Waals surface area (Å²) in [6.07, 6.45) is 0.891. The van der Waals surface area contributed by atoms with Gasteiger partial charge in [0, 0.05) is 18.0 Å². The summed E-state index contributed by atoms with van der Waals surface area (Å²) in [7, 11) is 3.35. The lowest BCUT2D eigenvalue weighted by atomic mass is 9.78. The van der Waals surface area contributed by atoms with Crippen molar-refractivity contribution >= 4 is 0 Å². The van der Waals surface area contributed by atoms with Gasteiger partial charge in [0.05, 0.1) is 27.4 Å². The molecule has 0 unspecified atom stereocenters. The van der Waals surface area contributed by atoms with E-state index in [-0.39, 0.29) is 5.41 Å². The molecule has 0 spiro atoms. The molecule has 0 aliphatic carbocycles. The first-order valence-corrected chi connectivity index (χ1v) is 6.13. The van der Waals surface area contributed by atoms with Crippen molar-refractivity contribution in [1.82, 2.24) is 0 Å². The Kier molecular flexibility index (Phi) is 3.78. The van der Waals surface area contributed by atoms with Crippen LogP contribution >= 0.6 is 0 Å². The summed E-state index contributed by atoms with van der Waals surface area (Å²) in [5, 5.41) is 0. The van der Waals surface area contributed by atoms with Crippen molar-refractivity contribution < 1.29 is 14.2 Å². The molecule has 0 bridgehead atoms. The molecule has 1 saturated heterocycles. The third-order valence-corrected chi connectivity index (χ3v) is 3.66. The molecule has 0 aromatic heterocycles. The van der Waals surface area contributed by atoms with Gasteiger partial charge < -0.3 is 19.9 Å². The minimum atomic E-state index is 0.0760. The average molecular weight is 251 g/mol. The van der Waals surface area contributed by atoms with E-state index in [1.54, 1.807) is 14.2 Å². The molecule has 0 saturated carbocycles. The van der Waals surface area contributed by atoms with E-state index in [0.717, 1.165) is 31.1 Å². The van der Waals surface area contributed by atoms with E-state index in [2.05, 4.69) is 6.92 Å². The maximum atomic E-state index is 5.87. The van der Waals surface area contributed by atoms with E-state index in [0.29, 0.717) is 6.54 Å². The van der Waals surface area contributed by atoms with Crippen LogP contribution in [0.3, 0.4) is 0 Å². The molecule has 1 fully saturated rings.